The highest BCUT2D eigenvalue weighted by atomic mass is 15.3. The second kappa shape index (κ2) is 7.65. The molecule has 0 saturated heterocycles. The summed E-state index contributed by atoms with van der Waals surface area (Å²) >= 11 is 0. The maximum absolute atomic E-state index is 5.84. The Bertz CT molecular complexity index is 961. The highest BCUT2D eigenvalue weighted by Crippen LogP contribution is 2.29. The van der Waals surface area contributed by atoms with Crippen molar-refractivity contribution in [1.82, 2.24) is 0 Å². The fourth-order valence-corrected chi connectivity index (χ4v) is 3.00. The van der Waals surface area contributed by atoms with Crippen molar-refractivity contribution < 1.29 is 5.41 Å². The molecule has 0 spiro atoms. The number of fused-ring (bicyclic) bond motifs is 1. The van der Waals surface area contributed by atoms with E-state index in [0.29, 0.717) is 6.54 Å². The lowest BCUT2D eigenvalue weighted by atomic mass is 10.0. The van der Waals surface area contributed by atoms with Gasteiger partial charge in [-0.1, -0.05) is 36.4 Å². The quantitative estimate of drug-likeness (QED) is 0.217. The molecule has 6 nitrogen and oxygen atoms in total. The van der Waals surface area contributed by atoms with Crippen LogP contribution in [0.1, 0.15) is 11.1 Å². The monoisotopic (exact) mass is 347 g/mol. The Balaban J connectivity index is 1.86. The van der Waals surface area contributed by atoms with Gasteiger partial charge in [-0.05, 0) is 35.2 Å². The number of nitrogens with two attached hydrogens (primary N) is 2. The Morgan fingerprint density at radius 2 is 1.81 bits per heavy atom. The summed E-state index contributed by atoms with van der Waals surface area (Å²) in [5, 5.41) is 18.7. The Morgan fingerprint density at radius 1 is 1.04 bits per heavy atom. The molecule has 3 rings (SSSR count). The lowest BCUT2D eigenvalue weighted by Crippen LogP contribution is -2.38. The molecule has 3 aromatic rings. The van der Waals surface area contributed by atoms with Crippen LogP contribution >= 0.6 is 0 Å². The predicted molar refractivity (Wildman–Crippen MR) is 107 cm³/mol. The summed E-state index contributed by atoms with van der Waals surface area (Å²) in [5.74, 6) is 5.35. The predicted octanol–water partition coefficient (Wildman–Crippen LogP) is 2.35. The van der Waals surface area contributed by atoms with E-state index in [4.69, 9.17) is 11.3 Å². The minimum atomic E-state index is 0.289. The molecule has 0 atom stereocenters. The zero-order valence-corrected chi connectivity index (χ0v) is 15.0. The van der Waals surface area contributed by atoms with Crippen LogP contribution < -0.4 is 21.5 Å². The molecule has 26 heavy (non-hydrogen) atoms. The van der Waals surface area contributed by atoms with Crippen LogP contribution in [0, 0.1) is 0 Å². The van der Waals surface area contributed by atoms with Crippen LogP contribution in [0.25, 0.3) is 10.8 Å². The molecule has 3 aromatic carbocycles. The minimum Gasteiger partial charge on any atom is -0.381 e. The van der Waals surface area contributed by atoms with E-state index in [-0.39, 0.29) is 5.84 Å². The highest BCUT2D eigenvalue weighted by molar-refractivity contribution is 5.97. The van der Waals surface area contributed by atoms with Crippen molar-refractivity contribution in [3.63, 3.8) is 0 Å². The van der Waals surface area contributed by atoms with E-state index >= 15 is 0 Å². The molecule has 0 fully saturated rings. The van der Waals surface area contributed by atoms with E-state index in [1.165, 1.54) is 22.0 Å². The van der Waals surface area contributed by atoms with Gasteiger partial charge in [0.05, 0.1) is 10.7 Å². The van der Waals surface area contributed by atoms with Crippen molar-refractivity contribution in [2.24, 2.45) is 16.2 Å². The van der Waals surface area contributed by atoms with E-state index in [1.807, 2.05) is 24.3 Å². The van der Waals surface area contributed by atoms with Crippen molar-refractivity contribution in [1.29, 1.82) is 0 Å². The fraction of sp³-hybridized carbons (Fsp3) is 0.150. The molecule has 0 saturated carbocycles. The molecule has 5 N–H and O–H groups in total. The first-order chi connectivity index (χ1) is 12.6. The van der Waals surface area contributed by atoms with Crippen molar-refractivity contribution >= 4 is 28.0 Å². The molecule has 0 aliphatic carbocycles. The Morgan fingerprint density at radius 3 is 2.54 bits per heavy atom. The van der Waals surface area contributed by atoms with Crippen molar-refractivity contribution in [2.45, 2.75) is 6.54 Å². The van der Waals surface area contributed by atoms with Gasteiger partial charge in [-0.15, -0.1) is 0 Å². The number of amidine groups is 1. The molecular weight excluding hydrogens is 324 g/mol. The average Bonchev–Trinajstić information content (AvgIpc) is 2.66. The van der Waals surface area contributed by atoms with E-state index in [0.717, 1.165) is 11.3 Å². The largest absolute Gasteiger partial charge is 0.381 e. The molecule has 0 bridgehead atoms. The van der Waals surface area contributed by atoms with E-state index < -0.39 is 0 Å². The van der Waals surface area contributed by atoms with Crippen LogP contribution in [0.5, 0.6) is 0 Å². The van der Waals surface area contributed by atoms with Crippen molar-refractivity contribution in [3.05, 3.63) is 71.8 Å². The topological polar surface area (TPSA) is 91.6 Å². The van der Waals surface area contributed by atoms with Crippen LogP contribution in [-0.4, -0.2) is 19.9 Å². The molecule has 0 radical (unpaired) electrons. The molecule has 6 heteroatoms. The van der Waals surface area contributed by atoms with Gasteiger partial charge in [-0.25, -0.2) is 0 Å². The Labute approximate surface area is 152 Å². The highest BCUT2D eigenvalue weighted by Gasteiger charge is 2.10. The van der Waals surface area contributed by atoms with Crippen molar-refractivity contribution in [2.75, 3.05) is 24.3 Å². The standard InChI is InChI=1S/C20H22N6/c1-26(2)19-11-10-15(17-8-3-4-9-18(17)19)13-23-16-7-5-6-14(12-16)20(21)24-25-22/h3-12,23H,13H2,1-2H3,(H3,21,22,24)/p+1. The smallest absolute Gasteiger partial charge is 0.350 e. The van der Waals surface area contributed by atoms with Gasteiger partial charge in [0.2, 0.25) is 0 Å². The molecule has 0 unspecified atom stereocenters. The number of benzene rings is 3. The summed E-state index contributed by atoms with van der Waals surface area (Å²) in [6.45, 7) is 0.704. The van der Waals surface area contributed by atoms with Gasteiger partial charge in [0.15, 0.2) is 0 Å². The number of rotatable bonds is 5. The third kappa shape index (κ3) is 3.64. The maximum atomic E-state index is 5.84. The summed E-state index contributed by atoms with van der Waals surface area (Å²) in [6, 6.07) is 20.5. The van der Waals surface area contributed by atoms with Crippen LogP contribution in [0.2, 0.25) is 0 Å². The third-order valence-electron chi connectivity index (χ3n) is 4.28. The number of nitrogens with zero attached hydrogens (tertiary/aromatic N) is 3. The normalized spacial score (nSPS) is 11.0. The van der Waals surface area contributed by atoms with Crippen molar-refractivity contribution in [3.8, 4) is 0 Å². The first-order valence-corrected chi connectivity index (χ1v) is 8.36. The molecule has 0 aromatic heterocycles. The summed E-state index contributed by atoms with van der Waals surface area (Å²) in [4.78, 5) is 2.13. The van der Waals surface area contributed by atoms with Crippen LogP contribution in [-0.2, 0) is 6.54 Å². The van der Waals surface area contributed by atoms with Crippen LogP contribution in [0.15, 0.2) is 71.0 Å². The van der Waals surface area contributed by atoms with Crippen LogP contribution in [0.3, 0.4) is 0 Å². The van der Waals surface area contributed by atoms with Gasteiger partial charge in [0.25, 0.3) is 0 Å². The van der Waals surface area contributed by atoms with E-state index in [9.17, 15) is 0 Å². The molecule has 0 heterocycles. The Kier molecular flexibility index (Phi) is 5.12. The fourth-order valence-electron chi connectivity index (χ4n) is 3.00. The second-order valence-electron chi connectivity index (χ2n) is 6.22. The van der Waals surface area contributed by atoms with Gasteiger partial charge in [-0.3, -0.25) is 11.3 Å². The molecule has 0 amide bonds. The number of hydrogen-bond acceptors (Lipinski definition) is 3. The summed E-state index contributed by atoms with van der Waals surface area (Å²) in [6.07, 6.45) is 0. The zero-order chi connectivity index (χ0) is 18.5. The molecular formula is C20H23N6+. The number of anilines is 2. The average molecular weight is 347 g/mol. The lowest BCUT2D eigenvalue weighted by molar-refractivity contribution is -0.114. The first kappa shape index (κ1) is 17.4. The third-order valence-corrected chi connectivity index (χ3v) is 4.28. The van der Waals surface area contributed by atoms with Gasteiger partial charge < -0.3 is 10.2 Å². The van der Waals surface area contributed by atoms with Gasteiger partial charge in [0, 0.05) is 42.6 Å². The van der Waals surface area contributed by atoms with E-state index in [2.05, 4.69) is 71.0 Å². The van der Waals surface area contributed by atoms with Crippen LogP contribution in [0.4, 0.5) is 11.4 Å². The molecule has 132 valence electrons. The summed E-state index contributed by atoms with van der Waals surface area (Å²) in [7, 11) is 4.12. The SMILES string of the molecule is CN(C)c1ccc(CNc2cccc(C(=[NH2+])N=NN)c2)c2ccccc12. The molecule has 0 aliphatic heterocycles. The van der Waals surface area contributed by atoms with Gasteiger partial charge in [0.1, 0.15) is 0 Å². The second-order valence-corrected chi connectivity index (χ2v) is 6.22. The number of hydrogen-bond donors (Lipinski definition) is 3. The molecule has 0 aliphatic rings. The summed E-state index contributed by atoms with van der Waals surface area (Å²) in [5.41, 5.74) is 4.17. The lowest BCUT2D eigenvalue weighted by Gasteiger charge is -2.18. The van der Waals surface area contributed by atoms with E-state index in [1.54, 1.807) is 0 Å². The van der Waals surface area contributed by atoms with Gasteiger partial charge in [-0.2, -0.15) is 0 Å². The minimum absolute atomic E-state index is 0.289. The maximum Gasteiger partial charge on any atom is 0.350 e. The number of nitrogens with one attached hydrogen (secondary N) is 1. The first-order valence-electron chi connectivity index (χ1n) is 8.36. The zero-order valence-electron chi connectivity index (χ0n) is 15.0. The van der Waals surface area contributed by atoms with Gasteiger partial charge >= 0.3 is 5.84 Å². The summed E-state index contributed by atoms with van der Waals surface area (Å²) < 4.78 is 0. The Hall–Kier alpha value is -3.41.